The van der Waals surface area contributed by atoms with Crippen molar-refractivity contribution in [2.45, 2.75) is 57.1 Å². The van der Waals surface area contributed by atoms with E-state index in [0.29, 0.717) is 6.42 Å². The maximum atomic E-state index is 13.0. The maximum absolute atomic E-state index is 13.0. The minimum atomic E-state index is -2.59. The molecule has 3 aromatic carbocycles. The van der Waals surface area contributed by atoms with Crippen LogP contribution in [0.25, 0.3) is 0 Å². The average Bonchev–Trinajstić information content (AvgIpc) is 2.81. The predicted molar refractivity (Wildman–Crippen MR) is 152 cm³/mol. The summed E-state index contributed by atoms with van der Waals surface area (Å²) in [7, 11) is -3.75. The summed E-state index contributed by atoms with van der Waals surface area (Å²) in [5.41, 5.74) is 1.17. The van der Waals surface area contributed by atoms with Crippen LogP contribution in [0.15, 0.2) is 98.8 Å². The number of aryl methyl sites for hydroxylation is 1. The Morgan fingerprint density at radius 3 is 1.88 bits per heavy atom. The first kappa shape index (κ1) is 26.1. The van der Waals surface area contributed by atoms with Crippen LogP contribution in [0.4, 0.5) is 0 Å². The van der Waals surface area contributed by atoms with E-state index in [9.17, 15) is 4.21 Å². The Morgan fingerprint density at radius 2 is 1.42 bits per heavy atom. The van der Waals surface area contributed by atoms with E-state index in [4.69, 9.17) is 4.43 Å². The summed E-state index contributed by atoms with van der Waals surface area (Å²) in [4.78, 5) is 0.835. The maximum Gasteiger partial charge on any atom is 0.261 e. The van der Waals surface area contributed by atoms with E-state index in [1.165, 1.54) is 15.9 Å². The fraction of sp³-hybridized carbons (Fsp3) is 0.286. The Labute approximate surface area is 216 Å². The van der Waals surface area contributed by atoms with Gasteiger partial charge in [-0.3, -0.25) is 0 Å². The molecule has 0 heterocycles. The second-order valence-corrected chi connectivity index (χ2v) is 17.0. The molecule has 0 aliphatic heterocycles. The summed E-state index contributed by atoms with van der Waals surface area (Å²) in [6.07, 6.45) is 2.76. The summed E-state index contributed by atoms with van der Waals surface area (Å²) in [6.45, 7) is 11.0. The van der Waals surface area contributed by atoms with Crippen molar-refractivity contribution in [1.29, 1.82) is 0 Å². The van der Waals surface area contributed by atoms with Crippen LogP contribution >= 0.6 is 22.6 Å². The van der Waals surface area contributed by atoms with Crippen molar-refractivity contribution in [1.82, 2.24) is 0 Å². The first-order valence-electron chi connectivity index (χ1n) is 11.3. The minimum Gasteiger partial charge on any atom is -0.404 e. The predicted octanol–water partition coefficient (Wildman–Crippen LogP) is 6.73. The largest absolute Gasteiger partial charge is 0.404 e. The van der Waals surface area contributed by atoms with Crippen molar-refractivity contribution in [3.63, 3.8) is 0 Å². The highest BCUT2D eigenvalue weighted by molar-refractivity contribution is 14.1. The molecular formula is C28H33IO2SSi. The van der Waals surface area contributed by atoms with E-state index >= 15 is 0 Å². The molecule has 3 rings (SSSR count). The van der Waals surface area contributed by atoms with E-state index in [-0.39, 0.29) is 11.1 Å². The molecule has 5 heteroatoms. The molecule has 2 atom stereocenters. The third-order valence-electron chi connectivity index (χ3n) is 5.82. The van der Waals surface area contributed by atoms with Crippen LogP contribution < -0.4 is 10.4 Å². The Hall–Kier alpha value is -1.54. The highest BCUT2D eigenvalue weighted by Crippen LogP contribution is 2.38. The number of hydrogen-bond acceptors (Lipinski definition) is 2. The first-order chi connectivity index (χ1) is 15.6. The van der Waals surface area contributed by atoms with Gasteiger partial charge in [0.25, 0.3) is 8.32 Å². The lowest BCUT2D eigenvalue weighted by Gasteiger charge is -2.44. The quantitative estimate of drug-likeness (QED) is 0.215. The molecule has 0 aromatic heterocycles. The monoisotopic (exact) mass is 588 g/mol. The van der Waals surface area contributed by atoms with Crippen molar-refractivity contribution in [3.8, 4) is 0 Å². The highest BCUT2D eigenvalue weighted by atomic mass is 127. The molecule has 33 heavy (non-hydrogen) atoms. The summed E-state index contributed by atoms with van der Waals surface area (Å²) >= 11 is 2.21. The molecule has 0 aliphatic carbocycles. The third-order valence-corrected chi connectivity index (χ3v) is 13.8. The normalized spacial score (nSPS) is 14.7. The molecule has 3 aromatic rings. The lowest BCUT2D eigenvalue weighted by atomic mass is 10.2. The van der Waals surface area contributed by atoms with E-state index in [1.54, 1.807) is 0 Å². The second kappa shape index (κ2) is 11.3. The van der Waals surface area contributed by atoms with E-state index < -0.39 is 19.1 Å². The fourth-order valence-corrected chi connectivity index (χ4v) is 10.7. The van der Waals surface area contributed by atoms with E-state index in [0.717, 1.165) is 7.81 Å². The molecule has 0 N–H and O–H groups in total. The lowest BCUT2D eigenvalue weighted by Crippen LogP contribution is -2.67. The fourth-order valence-electron chi connectivity index (χ4n) is 4.15. The SMILES string of the molecule is Cc1ccc(S(=O)/C(I)=C/CC(C)O[Si](c2ccccc2)(c2ccccc2)C(C)(C)C)cc1. The van der Waals surface area contributed by atoms with Crippen molar-refractivity contribution in [2.75, 3.05) is 0 Å². The first-order valence-corrected chi connectivity index (χ1v) is 15.4. The van der Waals surface area contributed by atoms with Gasteiger partial charge in [0.1, 0.15) is 0 Å². The number of rotatable bonds is 8. The Kier molecular flexibility index (Phi) is 8.89. The van der Waals surface area contributed by atoms with Gasteiger partial charge in [0.15, 0.2) is 0 Å². The van der Waals surface area contributed by atoms with Crippen LogP contribution in [0.3, 0.4) is 0 Å². The van der Waals surface area contributed by atoms with Gasteiger partial charge in [0, 0.05) is 11.0 Å². The molecular weight excluding hydrogens is 555 g/mol. The Balaban J connectivity index is 1.91. The van der Waals surface area contributed by atoms with Gasteiger partial charge in [-0.05, 0) is 70.4 Å². The van der Waals surface area contributed by atoms with Crippen molar-refractivity contribution in [2.24, 2.45) is 0 Å². The molecule has 0 aliphatic rings. The zero-order chi connectivity index (χ0) is 24.1. The molecule has 0 saturated carbocycles. The standard InChI is InChI=1S/C28H33IO2SSi/c1-22-16-19-24(20-17-22)32(30)27(29)21-18-23(2)31-33(28(3,4)5,25-12-8-6-9-13-25)26-14-10-7-11-15-26/h6-17,19-21,23H,18H2,1-5H3/b27-21+. The number of hydrogen-bond donors (Lipinski definition) is 0. The molecule has 0 radical (unpaired) electrons. The van der Waals surface area contributed by atoms with Crippen molar-refractivity contribution < 1.29 is 8.63 Å². The van der Waals surface area contributed by atoms with Crippen LogP contribution in [0.5, 0.6) is 0 Å². The van der Waals surface area contributed by atoms with Crippen LogP contribution in [0.2, 0.25) is 5.04 Å². The average molecular weight is 589 g/mol. The zero-order valence-electron chi connectivity index (χ0n) is 20.0. The number of halogens is 1. The molecule has 0 fully saturated rings. The van der Waals surface area contributed by atoms with Gasteiger partial charge in [-0.2, -0.15) is 0 Å². The zero-order valence-corrected chi connectivity index (χ0v) is 24.0. The smallest absolute Gasteiger partial charge is 0.261 e. The highest BCUT2D eigenvalue weighted by Gasteiger charge is 2.50. The summed E-state index contributed by atoms with van der Waals surface area (Å²) in [5, 5.41) is 2.49. The second-order valence-electron chi connectivity index (χ2n) is 9.42. The van der Waals surface area contributed by atoms with Gasteiger partial charge in [-0.15, -0.1) is 0 Å². The third kappa shape index (κ3) is 6.12. The molecule has 0 amide bonds. The van der Waals surface area contributed by atoms with E-state index in [2.05, 4.69) is 117 Å². The molecule has 174 valence electrons. The van der Waals surface area contributed by atoms with Crippen LogP contribution in [-0.2, 0) is 15.2 Å². The lowest BCUT2D eigenvalue weighted by molar-refractivity contribution is 0.209. The van der Waals surface area contributed by atoms with Gasteiger partial charge >= 0.3 is 0 Å². The molecule has 2 unspecified atom stereocenters. The summed E-state index contributed by atoms with van der Waals surface area (Å²) in [6, 6.07) is 29.3. The van der Waals surface area contributed by atoms with Gasteiger partial charge in [-0.25, -0.2) is 4.21 Å². The van der Waals surface area contributed by atoms with Gasteiger partial charge in [0.2, 0.25) is 0 Å². The van der Waals surface area contributed by atoms with Crippen LogP contribution in [0, 0.1) is 6.92 Å². The molecule has 0 spiro atoms. The molecule has 0 bridgehead atoms. The van der Waals surface area contributed by atoms with Gasteiger partial charge in [0.05, 0.1) is 13.7 Å². The topological polar surface area (TPSA) is 26.3 Å². The van der Waals surface area contributed by atoms with Crippen LogP contribution in [-0.4, -0.2) is 18.6 Å². The Bertz CT molecular complexity index is 1050. The Morgan fingerprint density at radius 1 is 0.939 bits per heavy atom. The molecule has 0 saturated heterocycles. The number of benzene rings is 3. The van der Waals surface area contributed by atoms with Crippen molar-refractivity contribution in [3.05, 3.63) is 99.5 Å². The van der Waals surface area contributed by atoms with E-state index in [1.807, 2.05) is 31.2 Å². The van der Waals surface area contributed by atoms with Gasteiger partial charge < -0.3 is 4.43 Å². The molecule has 2 nitrogen and oxygen atoms in total. The summed E-state index contributed by atoms with van der Waals surface area (Å²) < 4.78 is 20.9. The van der Waals surface area contributed by atoms with Crippen LogP contribution in [0.1, 0.15) is 39.7 Å². The summed E-state index contributed by atoms with van der Waals surface area (Å²) in [5.74, 6) is 0. The van der Waals surface area contributed by atoms with Crippen molar-refractivity contribution >= 4 is 52.1 Å². The van der Waals surface area contributed by atoms with Gasteiger partial charge in [-0.1, -0.05) is 105 Å². The minimum absolute atomic E-state index is 0.0175.